The van der Waals surface area contributed by atoms with Crippen molar-refractivity contribution in [2.45, 2.75) is 19.4 Å². The zero-order valence-electron chi connectivity index (χ0n) is 10.4. The summed E-state index contributed by atoms with van der Waals surface area (Å²) in [5.41, 5.74) is 0.959. The van der Waals surface area contributed by atoms with E-state index in [9.17, 15) is 9.90 Å². The molecule has 0 aliphatic carbocycles. The third kappa shape index (κ3) is 2.69. The first kappa shape index (κ1) is 13.4. The van der Waals surface area contributed by atoms with E-state index in [0.29, 0.717) is 23.4 Å². The highest BCUT2D eigenvalue weighted by Crippen LogP contribution is 2.21. The Balaban J connectivity index is 2.45. The summed E-state index contributed by atoms with van der Waals surface area (Å²) in [7, 11) is 0. The number of aliphatic hydroxyl groups excluding tert-OH is 2. The Morgan fingerprint density at radius 1 is 1.42 bits per heavy atom. The smallest absolute Gasteiger partial charge is 0.222 e. The van der Waals surface area contributed by atoms with Crippen LogP contribution < -0.4 is 5.32 Å². The van der Waals surface area contributed by atoms with E-state index in [2.05, 4.69) is 20.3 Å². The van der Waals surface area contributed by atoms with Crippen LogP contribution in [0.3, 0.4) is 0 Å². The van der Waals surface area contributed by atoms with Gasteiger partial charge in [0.25, 0.3) is 0 Å². The second kappa shape index (κ2) is 5.72. The van der Waals surface area contributed by atoms with Gasteiger partial charge in [-0.2, -0.15) is 0 Å². The highest BCUT2D eigenvalue weighted by Gasteiger charge is 2.16. The fraction of sp³-hybridized carbons (Fsp3) is 0.455. The number of amides is 1. The zero-order valence-corrected chi connectivity index (χ0v) is 10.4. The molecule has 1 unspecified atom stereocenters. The second-order valence-corrected chi connectivity index (χ2v) is 4.08. The molecule has 0 bridgehead atoms. The van der Waals surface area contributed by atoms with Crippen LogP contribution in [0.2, 0.25) is 0 Å². The number of hydrogen-bond acceptors (Lipinski definition) is 6. The zero-order chi connectivity index (χ0) is 13.8. The summed E-state index contributed by atoms with van der Waals surface area (Å²) in [6.45, 7) is 1.20. The van der Waals surface area contributed by atoms with Gasteiger partial charge in [0.1, 0.15) is 6.33 Å². The first-order chi connectivity index (χ1) is 9.17. The Morgan fingerprint density at radius 2 is 2.21 bits per heavy atom. The van der Waals surface area contributed by atoms with Crippen LogP contribution in [0.5, 0.6) is 0 Å². The summed E-state index contributed by atoms with van der Waals surface area (Å²) in [6, 6.07) is -0.310. The van der Waals surface area contributed by atoms with Crippen LogP contribution in [0.4, 0.5) is 5.82 Å². The van der Waals surface area contributed by atoms with Crippen molar-refractivity contribution in [3.63, 3.8) is 0 Å². The van der Waals surface area contributed by atoms with Crippen molar-refractivity contribution in [2.24, 2.45) is 0 Å². The van der Waals surface area contributed by atoms with Crippen LogP contribution in [0.1, 0.15) is 19.4 Å². The Hall–Kier alpha value is -2.06. The Kier molecular flexibility index (Phi) is 4.03. The number of imidazole rings is 1. The van der Waals surface area contributed by atoms with Gasteiger partial charge in [-0.25, -0.2) is 15.0 Å². The molecule has 8 nitrogen and oxygen atoms in total. The number of carbonyl (C=O) groups excluding carboxylic acids is 1. The molecule has 0 radical (unpaired) electrons. The average Bonchev–Trinajstić information content (AvgIpc) is 2.80. The van der Waals surface area contributed by atoms with Gasteiger partial charge in [-0.3, -0.25) is 4.79 Å². The lowest BCUT2D eigenvalue weighted by molar-refractivity contribution is -0.114. The molecule has 1 atom stereocenters. The number of nitrogens with one attached hydrogen (secondary N) is 1. The van der Waals surface area contributed by atoms with Gasteiger partial charge in [-0.1, -0.05) is 0 Å². The van der Waals surface area contributed by atoms with Crippen molar-refractivity contribution < 1.29 is 15.0 Å². The molecular formula is C11H15N5O3. The van der Waals surface area contributed by atoms with Gasteiger partial charge >= 0.3 is 0 Å². The number of fused-ring (bicyclic) bond motifs is 1. The molecule has 2 heterocycles. The minimum absolute atomic E-state index is 0.0471. The van der Waals surface area contributed by atoms with E-state index in [1.807, 2.05) is 0 Å². The summed E-state index contributed by atoms with van der Waals surface area (Å²) in [6.07, 6.45) is 3.22. The maximum atomic E-state index is 11.1. The highest BCUT2D eigenvalue weighted by atomic mass is 16.3. The quantitative estimate of drug-likeness (QED) is 0.684. The lowest BCUT2D eigenvalue weighted by atomic mass is 10.2. The van der Waals surface area contributed by atoms with Crippen LogP contribution in [-0.2, 0) is 4.79 Å². The maximum absolute atomic E-state index is 11.1. The summed E-state index contributed by atoms with van der Waals surface area (Å²) >= 11 is 0. The molecule has 2 aromatic heterocycles. The number of anilines is 1. The van der Waals surface area contributed by atoms with E-state index in [4.69, 9.17) is 5.11 Å². The number of carbonyl (C=O) groups is 1. The third-order valence-corrected chi connectivity index (χ3v) is 2.72. The maximum Gasteiger partial charge on any atom is 0.222 e. The van der Waals surface area contributed by atoms with Gasteiger partial charge in [-0.15, -0.1) is 0 Å². The molecular weight excluding hydrogens is 250 g/mol. The minimum atomic E-state index is -0.310. The molecule has 0 aliphatic heterocycles. The molecule has 0 saturated carbocycles. The lowest BCUT2D eigenvalue weighted by Crippen LogP contribution is -2.14. The van der Waals surface area contributed by atoms with Crippen LogP contribution in [0.15, 0.2) is 12.7 Å². The van der Waals surface area contributed by atoms with E-state index in [0.717, 1.165) is 0 Å². The standard InChI is InChI=1S/C11H15N5O3/c1-7(19)15-10-9-11(13-5-12-10)16(6-14-9)8(4-18)2-3-17/h5-6,8,17-18H,2-4H2,1H3,(H,12,13,15,19). The topological polar surface area (TPSA) is 113 Å². The predicted molar refractivity (Wildman–Crippen MR) is 67.5 cm³/mol. The van der Waals surface area contributed by atoms with Crippen molar-refractivity contribution in [1.29, 1.82) is 0 Å². The van der Waals surface area contributed by atoms with E-state index in [-0.39, 0.29) is 25.2 Å². The first-order valence-corrected chi connectivity index (χ1v) is 5.84. The SMILES string of the molecule is CC(=O)Nc1ncnc2c1ncn2C(CO)CCO. The number of rotatable bonds is 5. The fourth-order valence-electron chi connectivity index (χ4n) is 1.84. The van der Waals surface area contributed by atoms with Crippen molar-refractivity contribution >= 4 is 22.9 Å². The van der Waals surface area contributed by atoms with Gasteiger partial charge in [0.15, 0.2) is 17.0 Å². The van der Waals surface area contributed by atoms with E-state index in [1.165, 1.54) is 19.6 Å². The fourth-order valence-corrected chi connectivity index (χ4v) is 1.84. The molecule has 3 N–H and O–H groups in total. The Labute approximate surface area is 109 Å². The van der Waals surface area contributed by atoms with Crippen molar-refractivity contribution in [3.05, 3.63) is 12.7 Å². The van der Waals surface area contributed by atoms with Crippen molar-refractivity contribution in [2.75, 3.05) is 18.5 Å². The number of hydrogen-bond donors (Lipinski definition) is 3. The molecule has 0 fully saturated rings. The largest absolute Gasteiger partial charge is 0.396 e. The van der Waals surface area contributed by atoms with Gasteiger partial charge < -0.3 is 20.1 Å². The van der Waals surface area contributed by atoms with Crippen LogP contribution in [0.25, 0.3) is 11.2 Å². The molecule has 2 rings (SSSR count). The normalized spacial score (nSPS) is 12.6. The number of aromatic nitrogens is 4. The number of nitrogens with zero attached hydrogens (tertiary/aromatic N) is 4. The molecule has 0 aliphatic rings. The van der Waals surface area contributed by atoms with Gasteiger partial charge in [0, 0.05) is 13.5 Å². The van der Waals surface area contributed by atoms with Crippen LogP contribution in [0, 0.1) is 0 Å². The third-order valence-electron chi connectivity index (χ3n) is 2.72. The van der Waals surface area contributed by atoms with E-state index in [1.54, 1.807) is 4.57 Å². The molecule has 8 heteroatoms. The monoisotopic (exact) mass is 265 g/mol. The summed E-state index contributed by atoms with van der Waals surface area (Å²) in [5, 5.41) is 20.9. The van der Waals surface area contributed by atoms with E-state index >= 15 is 0 Å². The molecule has 1 amide bonds. The van der Waals surface area contributed by atoms with Crippen LogP contribution in [-0.4, -0.2) is 48.9 Å². The minimum Gasteiger partial charge on any atom is -0.396 e. The molecule has 102 valence electrons. The van der Waals surface area contributed by atoms with Crippen molar-refractivity contribution in [3.8, 4) is 0 Å². The van der Waals surface area contributed by atoms with E-state index < -0.39 is 0 Å². The van der Waals surface area contributed by atoms with Crippen molar-refractivity contribution in [1.82, 2.24) is 19.5 Å². The van der Waals surface area contributed by atoms with Crippen LogP contribution >= 0.6 is 0 Å². The molecule has 0 aromatic carbocycles. The molecule has 19 heavy (non-hydrogen) atoms. The summed E-state index contributed by atoms with van der Waals surface area (Å²) < 4.78 is 1.67. The summed E-state index contributed by atoms with van der Waals surface area (Å²) in [4.78, 5) is 23.3. The summed E-state index contributed by atoms with van der Waals surface area (Å²) in [5.74, 6) is 0.0838. The van der Waals surface area contributed by atoms with Gasteiger partial charge in [-0.05, 0) is 6.42 Å². The highest BCUT2D eigenvalue weighted by molar-refractivity contribution is 5.95. The second-order valence-electron chi connectivity index (χ2n) is 4.08. The average molecular weight is 265 g/mol. The Morgan fingerprint density at radius 3 is 2.84 bits per heavy atom. The lowest BCUT2D eigenvalue weighted by Gasteiger charge is -2.14. The molecule has 0 saturated heterocycles. The molecule has 2 aromatic rings. The first-order valence-electron chi connectivity index (χ1n) is 5.84. The van der Waals surface area contributed by atoms with Gasteiger partial charge in [0.05, 0.1) is 19.0 Å². The predicted octanol–water partition coefficient (Wildman–Crippen LogP) is -0.300. The molecule has 0 spiro atoms. The van der Waals surface area contributed by atoms with Gasteiger partial charge in [0.2, 0.25) is 5.91 Å². The number of aliphatic hydroxyl groups is 2. The Bertz CT molecular complexity index is 583.